The predicted octanol–water partition coefficient (Wildman–Crippen LogP) is 1.22. The molecule has 1 amide bonds. The quantitative estimate of drug-likeness (QED) is 0.890. The Labute approximate surface area is 107 Å². The smallest absolute Gasteiger partial charge is 0.267 e. The maximum absolute atomic E-state index is 12.1. The van der Waals surface area contributed by atoms with Crippen molar-refractivity contribution in [2.45, 2.75) is 31.8 Å². The molecular weight excluding hydrogens is 287 g/mol. The highest BCUT2D eigenvalue weighted by molar-refractivity contribution is 7.90. The number of nitrogens with one attached hydrogen (secondary N) is 1. The molecule has 0 saturated carbocycles. The molecule has 0 fully saturated rings. The van der Waals surface area contributed by atoms with Crippen molar-refractivity contribution in [1.82, 2.24) is 14.5 Å². The van der Waals surface area contributed by atoms with Crippen LogP contribution in [0.1, 0.15) is 31.3 Å². The van der Waals surface area contributed by atoms with Gasteiger partial charge in [-0.05, 0) is 26.8 Å². The van der Waals surface area contributed by atoms with E-state index in [1.165, 1.54) is 10.9 Å². The number of carbonyl (C=O) groups excluding carboxylic acids is 1. The minimum absolute atomic E-state index is 0.414. The molecule has 0 aliphatic rings. The van der Waals surface area contributed by atoms with Crippen LogP contribution in [0, 0.1) is 0 Å². The maximum Gasteiger partial charge on any atom is 0.516 e. The van der Waals surface area contributed by atoms with E-state index in [0.717, 1.165) is 10.8 Å². The fourth-order valence-electron chi connectivity index (χ4n) is 1.05. The third kappa shape index (κ3) is 3.46. The second-order valence-electron chi connectivity index (χ2n) is 4.70. The first-order valence-electron chi connectivity index (χ1n) is 5.04. The SMILES string of the molecule is CC(C)(C)n1ccc(C(=O)NS(=O)(=O)C(F)(F)F)n1. The molecule has 0 saturated heterocycles. The van der Waals surface area contributed by atoms with E-state index in [2.05, 4.69) is 5.10 Å². The molecule has 0 aliphatic heterocycles. The molecule has 10 heteroatoms. The Kier molecular flexibility index (Phi) is 3.67. The van der Waals surface area contributed by atoms with Crippen LogP contribution in [-0.4, -0.2) is 29.6 Å². The van der Waals surface area contributed by atoms with Gasteiger partial charge in [-0.25, -0.2) is 4.72 Å². The van der Waals surface area contributed by atoms with Gasteiger partial charge in [0.15, 0.2) is 5.69 Å². The topological polar surface area (TPSA) is 81.1 Å². The first-order valence-corrected chi connectivity index (χ1v) is 6.52. The molecule has 0 aromatic carbocycles. The number of aromatic nitrogens is 2. The number of carbonyl (C=O) groups is 1. The zero-order chi connectivity index (χ0) is 15.1. The van der Waals surface area contributed by atoms with Gasteiger partial charge in [0, 0.05) is 6.20 Å². The zero-order valence-corrected chi connectivity index (χ0v) is 11.1. The van der Waals surface area contributed by atoms with Crippen molar-refractivity contribution in [3.63, 3.8) is 0 Å². The Bertz CT molecular complexity index is 584. The van der Waals surface area contributed by atoms with E-state index >= 15 is 0 Å². The lowest BCUT2D eigenvalue weighted by atomic mass is 10.1. The second kappa shape index (κ2) is 4.51. The fraction of sp³-hybridized carbons (Fsp3) is 0.556. The first kappa shape index (κ1) is 15.5. The third-order valence-corrected chi connectivity index (χ3v) is 3.10. The Balaban J connectivity index is 2.95. The highest BCUT2D eigenvalue weighted by Crippen LogP contribution is 2.22. The van der Waals surface area contributed by atoms with Gasteiger partial charge in [0.25, 0.3) is 5.91 Å². The van der Waals surface area contributed by atoms with Gasteiger partial charge in [0.05, 0.1) is 5.54 Å². The van der Waals surface area contributed by atoms with Crippen LogP contribution in [0.25, 0.3) is 0 Å². The number of hydrogen-bond donors (Lipinski definition) is 1. The summed E-state index contributed by atoms with van der Waals surface area (Å²) in [5.74, 6) is -1.43. The molecule has 0 spiro atoms. The maximum atomic E-state index is 12.1. The lowest BCUT2D eigenvalue weighted by Crippen LogP contribution is -2.40. The molecule has 19 heavy (non-hydrogen) atoms. The van der Waals surface area contributed by atoms with Gasteiger partial charge < -0.3 is 0 Å². The van der Waals surface area contributed by atoms with Gasteiger partial charge in [-0.3, -0.25) is 9.48 Å². The molecule has 0 atom stereocenters. The first-order chi connectivity index (χ1) is 8.34. The molecule has 1 heterocycles. The Morgan fingerprint density at radius 1 is 1.32 bits per heavy atom. The summed E-state index contributed by atoms with van der Waals surface area (Å²) in [4.78, 5) is 11.4. The Morgan fingerprint density at radius 2 is 1.84 bits per heavy atom. The zero-order valence-electron chi connectivity index (χ0n) is 10.3. The van der Waals surface area contributed by atoms with Crippen LogP contribution in [0.3, 0.4) is 0 Å². The number of rotatable bonds is 2. The molecule has 0 unspecified atom stereocenters. The summed E-state index contributed by atoms with van der Waals surface area (Å²) in [6.07, 6.45) is 1.37. The largest absolute Gasteiger partial charge is 0.516 e. The molecule has 0 bridgehead atoms. The number of halogens is 3. The van der Waals surface area contributed by atoms with Crippen LogP contribution in [0.15, 0.2) is 12.3 Å². The van der Waals surface area contributed by atoms with E-state index in [-0.39, 0.29) is 0 Å². The van der Waals surface area contributed by atoms with Gasteiger partial charge in [0.1, 0.15) is 0 Å². The van der Waals surface area contributed by atoms with Crippen molar-refractivity contribution >= 4 is 15.9 Å². The van der Waals surface area contributed by atoms with Crippen molar-refractivity contribution in [3.8, 4) is 0 Å². The van der Waals surface area contributed by atoms with Crippen molar-refractivity contribution in [1.29, 1.82) is 0 Å². The van der Waals surface area contributed by atoms with Crippen LogP contribution in [0.4, 0.5) is 13.2 Å². The molecule has 0 aliphatic carbocycles. The van der Waals surface area contributed by atoms with E-state index in [1.807, 2.05) is 0 Å². The summed E-state index contributed by atoms with van der Waals surface area (Å²) in [5, 5.41) is 3.72. The lowest BCUT2D eigenvalue weighted by Gasteiger charge is -2.18. The fourth-order valence-corrected chi connectivity index (χ4v) is 1.52. The number of alkyl halides is 3. The summed E-state index contributed by atoms with van der Waals surface area (Å²) in [6.45, 7) is 5.27. The molecule has 1 N–H and O–H groups in total. The minimum atomic E-state index is -5.72. The van der Waals surface area contributed by atoms with Crippen LogP contribution < -0.4 is 4.72 Å². The molecule has 108 valence electrons. The summed E-state index contributed by atoms with van der Waals surface area (Å²) in [6, 6.07) is 1.13. The second-order valence-corrected chi connectivity index (χ2v) is 6.37. The standard InChI is InChI=1S/C9H12F3N3O3S/c1-8(2,3)15-5-4-6(13-15)7(16)14-19(17,18)9(10,11)12/h4-5H,1-3H3,(H,14,16). The average Bonchev–Trinajstić information content (AvgIpc) is 2.62. The lowest BCUT2D eigenvalue weighted by molar-refractivity contribution is -0.0446. The van der Waals surface area contributed by atoms with Gasteiger partial charge in [-0.15, -0.1) is 0 Å². The number of amides is 1. The number of hydrogen-bond acceptors (Lipinski definition) is 4. The predicted molar refractivity (Wildman–Crippen MR) is 59.7 cm³/mol. The van der Waals surface area contributed by atoms with Crippen molar-refractivity contribution in [3.05, 3.63) is 18.0 Å². The third-order valence-electron chi connectivity index (χ3n) is 2.04. The Hall–Kier alpha value is -1.58. The monoisotopic (exact) mass is 299 g/mol. The van der Waals surface area contributed by atoms with Crippen molar-refractivity contribution in [2.24, 2.45) is 0 Å². The molecule has 6 nitrogen and oxygen atoms in total. The summed E-state index contributed by atoms with van der Waals surface area (Å²) in [5.41, 5.74) is -6.45. The van der Waals surface area contributed by atoms with E-state index in [1.54, 1.807) is 20.8 Å². The van der Waals surface area contributed by atoms with E-state index < -0.39 is 32.7 Å². The van der Waals surface area contributed by atoms with Crippen LogP contribution in [0.2, 0.25) is 0 Å². The van der Waals surface area contributed by atoms with E-state index in [9.17, 15) is 26.4 Å². The van der Waals surface area contributed by atoms with Crippen LogP contribution >= 0.6 is 0 Å². The summed E-state index contributed by atoms with van der Waals surface area (Å²) >= 11 is 0. The van der Waals surface area contributed by atoms with Crippen molar-refractivity contribution < 1.29 is 26.4 Å². The van der Waals surface area contributed by atoms with Crippen LogP contribution in [0.5, 0.6) is 0 Å². The molecule has 1 aromatic rings. The van der Waals surface area contributed by atoms with E-state index in [4.69, 9.17) is 0 Å². The number of sulfonamides is 1. The van der Waals surface area contributed by atoms with Gasteiger partial charge in [-0.1, -0.05) is 0 Å². The van der Waals surface area contributed by atoms with Crippen LogP contribution in [-0.2, 0) is 15.6 Å². The number of nitrogens with zero attached hydrogens (tertiary/aromatic N) is 2. The van der Waals surface area contributed by atoms with Gasteiger partial charge in [-0.2, -0.15) is 26.7 Å². The summed E-state index contributed by atoms with van der Waals surface area (Å²) in [7, 11) is -5.72. The highest BCUT2D eigenvalue weighted by atomic mass is 32.2. The summed E-state index contributed by atoms with van der Waals surface area (Å²) < 4.78 is 60.0. The van der Waals surface area contributed by atoms with Gasteiger partial charge >= 0.3 is 15.5 Å². The minimum Gasteiger partial charge on any atom is -0.267 e. The average molecular weight is 299 g/mol. The normalized spacial score (nSPS) is 13.4. The molecule has 0 radical (unpaired) electrons. The highest BCUT2D eigenvalue weighted by Gasteiger charge is 2.47. The van der Waals surface area contributed by atoms with Crippen molar-refractivity contribution in [2.75, 3.05) is 0 Å². The van der Waals surface area contributed by atoms with E-state index in [0.29, 0.717) is 0 Å². The molecular formula is C9H12F3N3O3S. The molecule has 1 rings (SSSR count). The molecule has 1 aromatic heterocycles. The Morgan fingerprint density at radius 3 is 2.21 bits per heavy atom. The van der Waals surface area contributed by atoms with Gasteiger partial charge in [0.2, 0.25) is 0 Å².